The Kier molecular flexibility index (Phi) is 4.86. The smallest absolute Gasteiger partial charge is 0.351 e. The summed E-state index contributed by atoms with van der Waals surface area (Å²) in [6.45, 7) is 2.80. The zero-order valence-electron chi connectivity index (χ0n) is 12.5. The first kappa shape index (κ1) is 16.8. The molecule has 0 saturated carbocycles. The highest BCUT2D eigenvalue weighted by molar-refractivity contribution is 6.31. The van der Waals surface area contributed by atoms with Gasteiger partial charge in [0.05, 0.1) is 12.3 Å². The molecule has 0 aliphatic rings. The van der Waals surface area contributed by atoms with Crippen LogP contribution in [0, 0.1) is 0 Å². The lowest BCUT2D eigenvalue weighted by molar-refractivity contribution is 0.100. The predicted octanol–water partition coefficient (Wildman–Crippen LogP) is 2.92. The van der Waals surface area contributed by atoms with E-state index in [1.54, 1.807) is 24.3 Å². The lowest BCUT2D eigenvalue weighted by atomic mass is 10.1. The minimum atomic E-state index is -0.981. The van der Waals surface area contributed by atoms with Crippen LogP contribution in [-0.4, -0.2) is 21.7 Å². The molecule has 6 nitrogen and oxygen atoms in total. The summed E-state index contributed by atoms with van der Waals surface area (Å²) in [4.78, 5) is 27.5. The van der Waals surface area contributed by atoms with E-state index in [9.17, 15) is 19.8 Å². The molecule has 0 bridgehead atoms. The van der Waals surface area contributed by atoms with E-state index in [2.05, 4.69) is 9.41 Å². The topological polar surface area (TPSA) is 100 Å². The molecular formula is C16H14ClNO5. The molecular weight excluding hydrogens is 322 g/mol. The summed E-state index contributed by atoms with van der Waals surface area (Å²) >= 11 is 6.03. The van der Waals surface area contributed by atoms with Gasteiger partial charge in [0.1, 0.15) is 16.9 Å². The Morgan fingerprint density at radius 3 is 2.48 bits per heavy atom. The first-order valence-electron chi connectivity index (χ1n) is 6.67. The maximum Gasteiger partial charge on any atom is 0.351 e. The van der Waals surface area contributed by atoms with Gasteiger partial charge in [0, 0.05) is 5.02 Å². The standard InChI is InChI=1S/C16H14ClNO5/c1-8(18-7-10-5-3-4-6-11(10)17)12-14(20)13(9(2)19)16(22)23-15(12)21/h3-6,20,22H,7H2,1-2H3. The zero-order valence-corrected chi connectivity index (χ0v) is 13.2. The molecule has 1 aromatic heterocycles. The van der Waals surface area contributed by atoms with Crippen molar-refractivity contribution in [3.8, 4) is 11.7 Å². The third-order valence-electron chi connectivity index (χ3n) is 3.24. The average molecular weight is 336 g/mol. The second kappa shape index (κ2) is 6.66. The SMILES string of the molecule is CC(=O)c1c(O)oc(=O)c(C(C)=NCc2ccccc2Cl)c1O. The van der Waals surface area contributed by atoms with Gasteiger partial charge in [-0.25, -0.2) is 4.79 Å². The van der Waals surface area contributed by atoms with Gasteiger partial charge in [-0.2, -0.15) is 0 Å². The number of rotatable bonds is 4. The van der Waals surface area contributed by atoms with Crippen molar-refractivity contribution in [3.05, 3.63) is 56.4 Å². The number of Topliss-reactive ketones (excluding diaryl/α,β-unsaturated/α-hetero) is 1. The van der Waals surface area contributed by atoms with E-state index in [4.69, 9.17) is 11.6 Å². The Morgan fingerprint density at radius 1 is 1.22 bits per heavy atom. The summed E-state index contributed by atoms with van der Waals surface area (Å²) < 4.78 is 4.59. The molecule has 0 spiro atoms. The molecule has 2 aromatic rings. The Morgan fingerprint density at radius 2 is 1.87 bits per heavy atom. The van der Waals surface area contributed by atoms with Gasteiger partial charge in [0.2, 0.25) is 0 Å². The van der Waals surface area contributed by atoms with Crippen LogP contribution in [0.3, 0.4) is 0 Å². The second-order valence-corrected chi connectivity index (χ2v) is 5.25. The maximum absolute atomic E-state index is 11.9. The predicted molar refractivity (Wildman–Crippen MR) is 85.7 cm³/mol. The summed E-state index contributed by atoms with van der Waals surface area (Å²) in [5.74, 6) is -2.20. The van der Waals surface area contributed by atoms with E-state index in [1.165, 1.54) is 6.92 Å². The summed E-state index contributed by atoms with van der Waals surface area (Å²) in [5.41, 5.74) is -0.793. The summed E-state index contributed by atoms with van der Waals surface area (Å²) in [6.07, 6.45) is 0. The molecule has 7 heteroatoms. The number of nitrogens with zero attached hydrogens (tertiary/aromatic N) is 1. The van der Waals surface area contributed by atoms with Gasteiger partial charge >= 0.3 is 5.63 Å². The van der Waals surface area contributed by atoms with E-state index >= 15 is 0 Å². The van der Waals surface area contributed by atoms with Crippen molar-refractivity contribution in [2.75, 3.05) is 0 Å². The molecule has 0 atom stereocenters. The minimum Gasteiger partial charge on any atom is -0.506 e. The Balaban J connectivity index is 2.47. The highest BCUT2D eigenvalue weighted by Crippen LogP contribution is 2.29. The summed E-state index contributed by atoms with van der Waals surface area (Å²) in [6, 6.07) is 7.07. The molecule has 1 aromatic carbocycles. The van der Waals surface area contributed by atoms with Crippen molar-refractivity contribution < 1.29 is 19.4 Å². The Bertz CT molecular complexity index is 854. The molecule has 1 heterocycles. The normalized spacial score (nSPS) is 11.5. The van der Waals surface area contributed by atoms with Gasteiger partial charge in [-0.15, -0.1) is 0 Å². The fourth-order valence-corrected chi connectivity index (χ4v) is 2.25. The number of ketones is 1. The van der Waals surface area contributed by atoms with Crippen LogP contribution in [0.25, 0.3) is 0 Å². The van der Waals surface area contributed by atoms with E-state index < -0.39 is 28.7 Å². The lowest BCUT2D eigenvalue weighted by Crippen LogP contribution is -2.15. The highest BCUT2D eigenvalue weighted by atomic mass is 35.5. The summed E-state index contributed by atoms with van der Waals surface area (Å²) in [5, 5.41) is 20.1. The Hall–Kier alpha value is -2.60. The molecule has 0 aliphatic carbocycles. The van der Waals surface area contributed by atoms with Crippen LogP contribution in [-0.2, 0) is 6.54 Å². The van der Waals surface area contributed by atoms with Gasteiger partial charge in [0.15, 0.2) is 5.78 Å². The number of carbonyl (C=O) groups excluding carboxylic acids is 1. The number of carbonyl (C=O) groups is 1. The maximum atomic E-state index is 11.9. The molecule has 0 fully saturated rings. The van der Waals surface area contributed by atoms with E-state index in [1.807, 2.05) is 0 Å². The fraction of sp³-hybridized carbons (Fsp3) is 0.188. The van der Waals surface area contributed by atoms with Crippen LogP contribution in [0.15, 0.2) is 38.5 Å². The van der Waals surface area contributed by atoms with E-state index in [0.29, 0.717) is 5.02 Å². The number of aromatic hydroxyl groups is 2. The van der Waals surface area contributed by atoms with Crippen LogP contribution < -0.4 is 5.63 Å². The number of aliphatic imine (C=N–C) groups is 1. The first-order chi connectivity index (χ1) is 10.8. The number of benzene rings is 1. The van der Waals surface area contributed by atoms with Gasteiger partial charge in [-0.3, -0.25) is 9.79 Å². The molecule has 2 N–H and O–H groups in total. The largest absolute Gasteiger partial charge is 0.506 e. The second-order valence-electron chi connectivity index (χ2n) is 4.84. The third kappa shape index (κ3) is 3.43. The molecule has 0 unspecified atom stereocenters. The van der Waals surface area contributed by atoms with E-state index in [-0.39, 0.29) is 17.8 Å². The van der Waals surface area contributed by atoms with Crippen molar-refractivity contribution in [3.63, 3.8) is 0 Å². The van der Waals surface area contributed by atoms with Gasteiger partial charge in [-0.1, -0.05) is 29.8 Å². The zero-order chi connectivity index (χ0) is 17.1. The van der Waals surface area contributed by atoms with Crippen LogP contribution in [0.4, 0.5) is 0 Å². The highest BCUT2D eigenvalue weighted by Gasteiger charge is 2.23. The number of hydrogen-bond donors (Lipinski definition) is 2. The van der Waals surface area contributed by atoms with Crippen molar-refractivity contribution in [2.24, 2.45) is 4.99 Å². The third-order valence-corrected chi connectivity index (χ3v) is 3.61. The summed E-state index contributed by atoms with van der Waals surface area (Å²) in [7, 11) is 0. The molecule has 23 heavy (non-hydrogen) atoms. The molecule has 0 aliphatic heterocycles. The number of halogens is 1. The number of hydrogen-bond acceptors (Lipinski definition) is 6. The van der Waals surface area contributed by atoms with Gasteiger partial charge in [0.25, 0.3) is 5.95 Å². The van der Waals surface area contributed by atoms with Crippen molar-refractivity contribution in [1.82, 2.24) is 0 Å². The molecule has 0 radical (unpaired) electrons. The molecule has 0 saturated heterocycles. The quantitative estimate of drug-likeness (QED) is 0.661. The van der Waals surface area contributed by atoms with Crippen LogP contribution in [0.5, 0.6) is 11.7 Å². The van der Waals surface area contributed by atoms with Crippen molar-refractivity contribution in [1.29, 1.82) is 0 Å². The Labute approximate surface area is 136 Å². The van der Waals surface area contributed by atoms with Crippen LogP contribution >= 0.6 is 11.6 Å². The van der Waals surface area contributed by atoms with Gasteiger partial charge in [-0.05, 0) is 25.5 Å². The average Bonchev–Trinajstić information content (AvgIpc) is 2.45. The first-order valence-corrected chi connectivity index (χ1v) is 7.05. The van der Waals surface area contributed by atoms with Crippen LogP contribution in [0.1, 0.15) is 35.3 Å². The monoisotopic (exact) mass is 335 g/mol. The lowest BCUT2D eigenvalue weighted by Gasteiger charge is -2.08. The molecule has 120 valence electrons. The van der Waals surface area contributed by atoms with E-state index in [0.717, 1.165) is 12.5 Å². The van der Waals surface area contributed by atoms with Crippen LogP contribution in [0.2, 0.25) is 5.02 Å². The van der Waals surface area contributed by atoms with Crippen molar-refractivity contribution in [2.45, 2.75) is 20.4 Å². The molecule has 2 rings (SSSR count). The van der Waals surface area contributed by atoms with Crippen molar-refractivity contribution >= 4 is 23.1 Å². The molecule has 0 amide bonds. The fourth-order valence-electron chi connectivity index (χ4n) is 2.06. The van der Waals surface area contributed by atoms with Gasteiger partial charge < -0.3 is 14.6 Å². The minimum absolute atomic E-state index is 0.165.